The van der Waals surface area contributed by atoms with Crippen LogP contribution in [0, 0.1) is 0 Å². The van der Waals surface area contributed by atoms with Crippen molar-refractivity contribution in [2.75, 3.05) is 19.1 Å². The Hall–Kier alpha value is -3.08. The first-order valence-corrected chi connectivity index (χ1v) is 7.13. The Balaban J connectivity index is 1.81. The van der Waals surface area contributed by atoms with Crippen LogP contribution in [0.5, 0.6) is 5.75 Å². The molecule has 23 heavy (non-hydrogen) atoms. The van der Waals surface area contributed by atoms with Gasteiger partial charge in [0.05, 0.1) is 7.11 Å². The van der Waals surface area contributed by atoms with Gasteiger partial charge in [0.1, 0.15) is 5.75 Å². The zero-order chi connectivity index (χ0) is 16.2. The summed E-state index contributed by atoms with van der Waals surface area (Å²) in [5.41, 5.74) is 1.90. The summed E-state index contributed by atoms with van der Waals surface area (Å²) in [5.74, 6) is 1.07. The molecule has 0 radical (unpaired) electrons. The monoisotopic (exact) mass is 308 g/mol. The van der Waals surface area contributed by atoms with E-state index < -0.39 is 0 Å². The van der Waals surface area contributed by atoms with Crippen molar-refractivity contribution in [2.45, 2.75) is 0 Å². The van der Waals surface area contributed by atoms with Crippen molar-refractivity contribution in [2.24, 2.45) is 0 Å². The molecule has 0 aliphatic rings. The summed E-state index contributed by atoms with van der Waals surface area (Å²) in [5, 5.41) is 3.88. The van der Waals surface area contributed by atoms with E-state index in [0.29, 0.717) is 5.76 Å². The van der Waals surface area contributed by atoms with Crippen LogP contribution in [0.2, 0.25) is 0 Å². The molecule has 1 amide bonds. The van der Waals surface area contributed by atoms with Crippen LogP contribution in [0.15, 0.2) is 65.2 Å². The molecule has 0 saturated heterocycles. The van der Waals surface area contributed by atoms with E-state index >= 15 is 0 Å². The fourth-order valence-corrected chi connectivity index (χ4v) is 2.21. The zero-order valence-corrected chi connectivity index (χ0v) is 12.9. The lowest BCUT2D eigenvalue weighted by atomic mass is 10.1. The van der Waals surface area contributed by atoms with Gasteiger partial charge in [-0.1, -0.05) is 35.5 Å². The lowest BCUT2D eigenvalue weighted by molar-refractivity contribution is 0.0984. The maximum atomic E-state index is 12.5. The van der Waals surface area contributed by atoms with Crippen LogP contribution in [-0.2, 0) is 0 Å². The van der Waals surface area contributed by atoms with Crippen molar-refractivity contribution in [3.05, 3.63) is 66.4 Å². The highest BCUT2D eigenvalue weighted by molar-refractivity contribution is 6.04. The quantitative estimate of drug-likeness (QED) is 0.738. The predicted molar refractivity (Wildman–Crippen MR) is 87.7 cm³/mol. The number of hydrogen-bond acceptors (Lipinski definition) is 4. The van der Waals surface area contributed by atoms with Gasteiger partial charge in [0.2, 0.25) is 0 Å². The maximum absolute atomic E-state index is 12.5. The summed E-state index contributed by atoms with van der Waals surface area (Å²) < 4.78 is 10.4. The van der Waals surface area contributed by atoms with Gasteiger partial charge in [0.15, 0.2) is 11.5 Å². The second kappa shape index (κ2) is 6.36. The van der Waals surface area contributed by atoms with Gasteiger partial charge in [0.25, 0.3) is 5.91 Å². The Morgan fingerprint density at radius 3 is 2.43 bits per heavy atom. The van der Waals surface area contributed by atoms with Crippen LogP contribution in [0.3, 0.4) is 0 Å². The molecule has 0 spiro atoms. The SMILES string of the molecule is COc1ccc(N(C)C(=O)c2cc(-c3ccccc3)on2)cc1. The van der Waals surface area contributed by atoms with Crippen LogP contribution in [-0.4, -0.2) is 25.2 Å². The number of benzene rings is 2. The first-order valence-electron chi connectivity index (χ1n) is 7.13. The Bertz CT molecular complexity index is 795. The van der Waals surface area contributed by atoms with Crippen LogP contribution in [0.1, 0.15) is 10.5 Å². The van der Waals surface area contributed by atoms with Crippen molar-refractivity contribution in [1.29, 1.82) is 0 Å². The Kier molecular flexibility index (Phi) is 4.10. The number of carbonyl (C=O) groups is 1. The molecule has 2 aromatic carbocycles. The first kappa shape index (κ1) is 14.8. The molecule has 5 heteroatoms. The van der Waals surface area contributed by atoms with Crippen LogP contribution in [0.25, 0.3) is 11.3 Å². The van der Waals surface area contributed by atoms with Crippen molar-refractivity contribution in [1.82, 2.24) is 5.16 Å². The summed E-state index contributed by atoms with van der Waals surface area (Å²) in [4.78, 5) is 14.0. The average Bonchev–Trinajstić information content (AvgIpc) is 3.11. The third-order valence-corrected chi connectivity index (χ3v) is 3.55. The Morgan fingerprint density at radius 1 is 1.09 bits per heavy atom. The average molecular weight is 308 g/mol. The van der Waals surface area contributed by atoms with Gasteiger partial charge in [-0.25, -0.2) is 0 Å². The number of amides is 1. The molecule has 116 valence electrons. The molecule has 0 unspecified atom stereocenters. The lowest BCUT2D eigenvalue weighted by Crippen LogP contribution is -2.26. The molecule has 1 heterocycles. The van der Waals surface area contributed by atoms with E-state index in [9.17, 15) is 4.79 Å². The van der Waals surface area contributed by atoms with Gasteiger partial charge in [-0.2, -0.15) is 0 Å². The predicted octanol–water partition coefficient (Wildman–Crippen LogP) is 3.63. The molecule has 5 nitrogen and oxygen atoms in total. The third kappa shape index (κ3) is 3.08. The van der Waals surface area contributed by atoms with E-state index in [1.54, 1.807) is 32.4 Å². The number of nitrogens with zero attached hydrogens (tertiary/aromatic N) is 2. The van der Waals surface area contributed by atoms with Gasteiger partial charge in [0, 0.05) is 24.4 Å². The molecule has 0 bridgehead atoms. The fraction of sp³-hybridized carbons (Fsp3) is 0.111. The Labute approximate surface area is 134 Å². The summed E-state index contributed by atoms with van der Waals surface area (Å²) in [6.07, 6.45) is 0. The largest absolute Gasteiger partial charge is 0.497 e. The van der Waals surface area contributed by atoms with E-state index in [1.807, 2.05) is 42.5 Å². The van der Waals surface area contributed by atoms with Crippen molar-refractivity contribution >= 4 is 11.6 Å². The lowest BCUT2D eigenvalue weighted by Gasteiger charge is -2.15. The number of rotatable bonds is 4. The first-order chi connectivity index (χ1) is 11.2. The molecule has 0 fully saturated rings. The molecule has 0 atom stereocenters. The van der Waals surface area contributed by atoms with Gasteiger partial charge < -0.3 is 14.2 Å². The zero-order valence-electron chi connectivity index (χ0n) is 12.9. The maximum Gasteiger partial charge on any atom is 0.280 e. The molecule has 3 aromatic rings. The molecule has 0 aliphatic carbocycles. The molecule has 1 aromatic heterocycles. The van der Waals surface area contributed by atoms with Gasteiger partial charge in [-0.3, -0.25) is 4.79 Å². The highest BCUT2D eigenvalue weighted by Crippen LogP contribution is 2.23. The van der Waals surface area contributed by atoms with E-state index in [0.717, 1.165) is 17.0 Å². The van der Waals surface area contributed by atoms with Crippen LogP contribution in [0.4, 0.5) is 5.69 Å². The summed E-state index contributed by atoms with van der Waals surface area (Å²) in [6, 6.07) is 18.4. The smallest absolute Gasteiger partial charge is 0.280 e. The third-order valence-electron chi connectivity index (χ3n) is 3.55. The van der Waals surface area contributed by atoms with Crippen LogP contribution >= 0.6 is 0 Å². The summed E-state index contributed by atoms with van der Waals surface area (Å²) >= 11 is 0. The minimum Gasteiger partial charge on any atom is -0.497 e. The van der Waals surface area contributed by atoms with E-state index in [2.05, 4.69) is 5.16 Å². The summed E-state index contributed by atoms with van der Waals surface area (Å²) in [7, 11) is 3.30. The number of carbonyl (C=O) groups excluding carboxylic acids is 1. The number of aromatic nitrogens is 1. The van der Waals surface area contributed by atoms with Crippen molar-refractivity contribution in [3.63, 3.8) is 0 Å². The Morgan fingerprint density at radius 2 is 1.78 bits per heavy atom. The van der Waals surface area contributed by atoms with Crippen molar-refractivity contribution < 1.29 is 14.1 Å². The molecular weight excluding hydrogens is 292 g/mol. The second-order valence-corrected chi connectivity index (χ2v) is 5.00. The van der Waals surface area contributed by atoms with Gasteiger partial charge >= 0.3 is 0 Å². The van der Waals surface area contributed by atoms with E-state index in [1.165, 1.54) is 4.90 Å². The molecule has 0 aliphatic heterocycles. The highest BCUT2D eigenvalue weighted by atomic mass is 16.5. The fourth-order valence-electron chi connectivity index (χ4n) is 2.21. The van der Waals surface area contributed by atoms with Gasteiger partial charge in [-0.15, -0.1) is 0 Å². The van der Waals surface area contributed by atoms with Gasteiger partial charge in [-0.05, 0) is 24.3 Å². The number of hydrogen-bond donors (Lipinski definition) is 0. The number of methoxy groups -OCH3 is 1. The van der Waals surface area contributed by atoms with E-state index in [-0.39, 0.29) is 11.6 Å². The molecule has 0 saturated carbocycles. The highest BCUT2D eigenvalue weighted by Gasteiger charge is 2.18. The standard InChI is InChI=1S/C18H16N2O3/c1-20(14-8-10-15(22-2)11-9-14)18(21)16-12-17(23-19-16)13-6-4-3-5-7-13/h3-12H,1-2H3. The summed E-state index contributed by atoms with van der Waals surface area (Å²) in [6.45, 7) is 0. The molecule has 3 rings (SSSR count). The van der Waals surface area contributed by atoms with Crippen LogP contribution < -0.4 is 9.64 Å². The van der Waals surface area contributed by atoms with E-state index in [4.69, 9.17) is 9.26 Å². The minimum absolute atomic E-state index is 0.235. The van der Waals surface area contributed by atoms with Crippen molar-refractivity contribution in [3.8, 4) is 17.1 Å². The number of anilines is 1. The topological polar surface area (TPSA) is 55.6 Å². The molecule has 0 N–H and O–H groups in total. The second-order valence-electron chi connectivity index (χ2n) is 5.00. The minimum atomic E-state index is -0.235. The number of ether oxygens (including phenoxy) is 1. The normalized spacial score (nSPS) is 10.3. The molecular formula is C18H16N2O3.